The van der Waals surface area contributed by atoms with Gasteiger partial charge in [0.05, 0.1) is 0 Å². The molecule has 78 valence electrons. The van der Waals surface area contributed by atoms with Gasteiger partial charge in [-0.15, -0.1) is 0 Å². The minimum atomic E-state index is 0.581. The van der Waals surface area contributed by atoms with E-state index in [9.17, 15) is 0 Å². The summed E-state index contributed by atoms with van der Waals surface area (Å²) in [6.07, 6.45) is 1.16. The third-order valence-electron chi connectivity index (χ3n) is 2.25. The fourth-order valence-corrected chi connectivity index (χ4v) is 1.76. The molecule has 0 saturated carbocycles. The van der Waals surface area contributed by atoms with Crippen LogP contribution in [0.2, 0.25) is 0 Å². The first kappa shape index (κ1) is 12.2. The van der Waals surface area contributed by atoms with Gasteiger partial charge in [0.25, 0.3) is 0 Å². The molecule has 1 N–H and O–H groups in total. The summed E-state index contributed by atoms with van der Waals surface area (Å²) < 4.78 is 2.21. The number of nitrogens with one attached hydrogen (secondary N) is 1. The number of halogens is 2. The Morgan fingerprint density at radius 2 is 2.00 bits per heavy atom. The van der Waals surface area contributed by atoms with Crippen LogP contribution in [0.15, 0.2) is 27.1 Å². The van der Waals surface area contributed by atoms with E-state index in [1.165, 1.54) is 5.56 Å². The standard InChI is InChI=1S/C11H15Br2N/c1-3-8(2)14-7-9-4-5-10(12)11(13)6-9/h4-6,8,14H,3,7H2,1-2H3/t8-/m1/s1. The molecular weight excluding hydrogens is 306 g/mol. The fourth-order valence-electron chi connectivity index (χ4n) is 1.09. The zero-order chi connectivity index (χ0) is 10.6. The van der Waals surface area contributed by atoms with E-state index in [-0.39, 0.29) is 0 Å². The van der Waals surface area contributed by atoms with E-state index in [4.69, 9.17) is 0 Å². The average molecular weight is 321 g/mol. The highest BCUT2D eigenvalue weighted by atomic mass is 79.9. The Labute approximate surface area is 103 Å². The monoisotopic (exact) mass is 319 g/mol. The molecule has 14 heavy (non-hydrogen) atoms. The van der Waals surface area contributed by atoms with Crippen molar-refractivity contribution in [3.05, 3.63) is 32.7 Å². The Morgan fingerprint density at radius 1 is 1.29 bits per heavy atom. The molecule has 1 aromatic rings. The molecule has 0 spiro atoms. The topological polar surface area (TPSA) is 12.0 Å². The Morgan fingerprint density at radius 3 is 2.57 bits per heavy atom. The molecule has 0 fully saturated rings. The summed E-state index contributed by atoms with van der Waals surface area (Å²) in [6, 6.07) is 6.92. The highest BCUT2D eigenvalue weighted by Crippen LogP contribution is 2.23. The van der Waals surface area contributed by atoms with Crippen LogP contribution < -0.4 is 5.32 Å². The van der Waals surface area contributed by atoms with Crippen LogP contribution in [0.5, 0.6) is 0 Å². The third kappa shape index (κ3) is 3.71. The first-order valence-corrected chi connectivity index (χ1v) is 6.39. The summed E-state index contributed by atoms with van der Waals surface area (Å²) in [7, 11) is 0. The van der Waals surface area contributed by atoms with Gasteiger partial charge in [-0.3, -0.25) is 0 Å². The Bertz CT molecular complexity index is 299. The van der Waals surface area contributed by atoms with Gasteiger partial charge in [-0.1, -0.05) is 13.0 Å². The van der Waals surface area contributed by atoms with Crippen molar-refractivity contribution in [2.45, 2.75) is 32.9 Å². The lowest BCUT2D eigenvalue weighted by molar-refractivity contribution is 0.534. The minimum absolute atomic E-state index is 0.581. The van der Waals surface area contributed by atoms with E-state index in [0.29, 0.717) is 6.04 Å². The van der Waals surface area contributed by atoms with Gasteiger partial charge in [0.15, 0.2) is 0 Å². The maximum atomic E-state index is 3.50. The molecule has 3 heteroatoms. The summed E-state index contributed by atoms with van der Waals surface area (Å²) in [5.41, 5.74) is 1.31. The summed E-state index contributed by atoms with van der Waals surface area (Å²) in [5.74, 6) is 0. The average Bonchev–Trinajstić information content (AvgIpc) is 2.19. The second kappa shape index (κ2) is 5.89. The molecule has 1 nitrogen and oxygen atoms in total. The van der Waals surface area contributed by atoms with E-state index in [0.717, 1.165) is 21.9 Å². The van der Waals surface area contributed by atoms with Crippen LogP contribution in [-0.2, 0) is 6.54 Å². The van der Waals surface area contributed by atoms with Gasteiger partial charge < -0.3 is 5.32 Å². The van der Waals surface area contributed by atoms with Crippen molar-refractivity contribution in [1.82, 2.24) is 5.32 Å². The smallest absolute Gasteiger partial charge is 0.0320 e. The van der Waals surface area contributed by atoms with Crippen molar-refractivity contribution in [3.63, 3.8) is 0 Å². The zero-order valence-electron chi connectivity index (χ0n) is 8.48. The highest BCUT2D eigenvalue weighted by molar-refractivity contribution is 9.13. The minimum Gasteiger partial charge on any atom is -0.310 e. The zero-order valence-corrected chi connectivity index (χ0v) is 11.7. The van der Waals surface area contributed by atoms with Crippen LogP contribution in [0.3, 0.4) is 0 Å². The van der Waals surface area contributed by atoms with Crippen molar-refractivity contribution in [1.29, 1.82) is 0 Å². The highest BCUT2D eigenvalue weighted by Gasteiger charge is 2.00. The molecule has 0 saturated heterocycles. The number of rotatable bonds is 4. The largest absolute Gasteiger partial charge is 0.310 e. The molecule has 1 rings (SSSR count). The molecule has 0 aliphatic rings. The van der Waals surface area contributed by atoms with Crippen LogP contribution in [-0.4, -0.2) is 6.04 Å². The molecule has 0 amide bonds. The molecular formula is C11H15Br2N. The quantitative estimate of drug-likeness (QED) is 0.880. The summed E-state index contributed by atoms with van der Waals surface area (Å²) in [5, 5.41) is 3.46. The van der Waals surface area contributed by atoms with E-state index in [1.54, 1.807) is 0 Å². The fraction of sp³-hybridized carbons (Fsp3) is 0.455. The predicted molar refractivity (Wildman–Crippen MR) is 68.4 cm³/mol. The first-order valence-electron chi connectivity index (χ1n) is 4.80. The van der Waals surface area contributed by atoms with Gasteiger partial charge in [-0.05, 0) is 62.9 Å². The summed E-state index contributed by atoms with van der Waals surface area (Å²) >= 11 is 6.95. The Hall–Kier alpha value is 0.140. The van der Waals surface area contributed by atoms with E-state index in [1.807, 2.05) is 0 Å². The van der Waals surface area contributed by atoms with Gasteiger partial charge in [0, 0.05) is 21.5 Å². The van der Waals surface area contributed by atoms with Crippen LogP contribution in [0.4, 0.5) is 0 Å². The SMILES string of the molecule is CC[C@@H](C)NCc1ccc(Br)c(Br)c1. The number of hydrogen-bond acceptors (Lipinski definition) is 1. The van der Waals surface area contributed by atoms with E-state index >= 15 is 0 Å². The van der Waals surface area contributed by atoms with Crippen molar-refractivity contribution in [2.24, 2.45) is 0 Å². The molecule has 0 aliphatic heterocycles. The first-order chi connectivity index (χ1) is 6.63. The lowest BCUT2D eigenvalue weighted by Crippen LogP contribution is -2.24. The Balaban J connectivity index is 2.55. The maximum absolute atomic E-state index is 3.50. The van der Waals surface area contributed by atoms with Crippen LogP contribution in [0.25, 0.3) is 0 Å². The van der Waals surface area contributed by atoms with Crippen LogP contribution in [0.1, 0.15) is 25.8 Å². The van der Waals surface area contributed by atoms with Crippen molar-refractivity contribution >= 4 is 31.9 Å². The molecule has 0 unspecified atom stereocenters. The second-order valence-electron chi connectivity index (χ2n) is 3.44. The van der Waals surface area contributed by atoms with Crippen LogP contribution in [0, 0.1) is 0 Å². The van der Waals surface area contributed by atoms with Gasteiger partial charge in [0.1, 0.15) is 0 Å². The van der Waals surface area contributed by atoms with Gasteiger partial charge in [0.2, 0.25) is 0 Å². The van der Waals surface area contributed by atoms with Crippen LogP contribution >= 0.6 is 31.9 Å². The number of hydrogen-bond donors (Lipinski definition) is 1. The molecule has 0 bridgehead atoms. The van der Waals surface area contributed by atoms with Crippen molar-refractivity contribution < 1.29 is 0 Å². The summed E-state index contributed by atoms with van der Waals surface area (Å²) in [6.45, 7) is 5.32. The Kier molecular flexibility index (Phi) is 5.13. The normalized spacial score (nSPS) is 12.9. The maximum Gasteiger partial charge on any atom is 0.0320 e. The van der Waals surface area contributed by atoms with E-state index in [2.05, 4.69) is 69.2 Å². The molecule has 0 aromatic heterocycles. The molecule has 1 atom stereocenters. The molecule has 0 heterocycles. The van der Waals surface area contributed by atoms with Crippen molar-refractivity contribution in [3.8, 4) is 0 Å². The second-order valence-corrected chi connectivity index (χ2v) is 5.15. The van der Waals surface area contributed by atoms with Crippen molar-refractivity contribution in [2.75, 3.05) is 0 Å². The molecule has 1 aromatic carbocycles. The lowest BCUT2D eigenvalue weighted by atomic mass is 10.2. The number of benzene rings is 1. The van der Waals surface area contributed by atoms with Gasteiger partial charge in [-0.25, -0.2) is 0 Å². The summed E-state index contributed by atoms with van der Waals surface area (Å²) in [4.78, 5) is 0. The molecule has 0 radical (unpaired) electrons. The lowest BCUT2D eigenvalue weighted by Gasteiger charge is -2.11. The van der Waals surface area contributed by atoms with Gasteiger partial charge >= 0.3 is 0 Å². The third-order valence-corrected chi connectivity index (χ3v) is 4.13. The van der Waals surface area contributed by atoms with E-state index < -0.39 is 0 Å². The predicted octanol–water partition coefficient (Wildman–Crippen LogP) is 4.10. The van der Waals surface area contributed by atoms with Gasteiger partial charge in [-0.2, -0.15) is 0 Å². The molecule has 0 aliphatic carbocycles.